The third kappa shape index (κ3) is 3.68. The molecule has 3 aliphatic rings. The van der Waals surface area contributed by atoms with E-state index in [0.717, 1.165) is 50.3 Å². The van der Waals surface area contributed by atoms with E-state index >= 15 is 0 Å². The molecule has 0 bridgehead atoms. The monoisotopic (exact) mass is 444 g/mol. The van der Waals surface area contributed by atoms with Crippen LogP contribution in [0, 0.1) is 39.4 Å². The topological polar surface area (TPSA) is 114 Å². The molecule has 1 aliphatic carbocycles. The van der Waals surface area contributed by atoms with Crippen molar-refractivity contribution in [1.29, 1.82) is 10.5 Å². The highest BCUT2D eigenvalue weighted by Crippen LogP contribution is 2.52. The molecular formula is C24H28N8O. The third-order valence-electron chi connectivity index (χ3n) is 7.46. The minimum atomic E-state index is -0.858. The summed E-state index contributed by atoms with van der Waals surface area (Å²) in [6.45, 7) is 4.21. The number of amides is 1. The first-order valence-electron chi connectivity index (χ1n) is 11.5. The minimum absolute atomic E-state index is 0.0840. The van der Waals surface area contributed by atoms with Gasteiger partial charge in [-0.15, -0.1) is 0 Å². The summed E-state index contributed by atoms with van der Waals surface area (Å²) >= 11 is 0. The second-order valence-corrected chi connectivity index (χ2v) is 9.76. The number of piperidine rings is 1. The van der Waals surface area contributed by atoms with Gasteiger partial charge in [-0.05, 0) is 51.0 Å². The minimum Gasteiger partial charge on any atom is -0.357 e. The fourth-order valence-corrected chi connectivity index (χ4v) is 5.08. The Morgan fingerprint density at radius 1 is 1.09 bits per heavy atom. The van der Waals surface area contributed by atoms with Crippen LogP contribution < -0.4 is 15.1 Å². The molecule has 0 aromatic carbocycles. The Hall–Kier alpha value is -3.59. The van der Waals surface area contributed by atoms with Gasteiger partial charge in [-0.25, -0.2) is 4.98 Å². The van der Waals surface area contributed by atoms with Gasteiger partial charge in [0.05, 0.1) is 17.6 Å². The third-order valence-corrected chi connectivity index (χ3v) is 7.46. The van der Waals surface area contributed by atoms with E-state index in [-0.39, 0.29) is 17.2 Å². The summed E-state index contributed by atoms with van der Waals surface area (Å²) in [7, 11) is 1.91. The molecule has 1 atom stereocenters. The molecule has 2 aliphatic heterocycles. The Labute approximate surface area is 193 Å². The largest absolute Gasteiger partial charge is 0.357 e. The van der Waals surface area contributed by atoms with Crippen molar-refractivity contribution in [3.05, 3.63) is 24.4 Å². The molecule has 0 spiro atoms. The number of aryl methyl sites for hydroxylation is 1. The van der Waals surface area contributed by atoms with Gasteiger partial charge in [-0.3, -0.25) is 9.48 Å². The maximum absolute atomic E-state index is 13.1. The fraction of sp³-hybridized carbons (Fsp3) is 0.542. The van der Waals surface area contributed by atoms with Crippen LogP contribution in [0.2, 0.25) is 0 Å². The zero-order valence-electron chi connectivity index (χ0n) is 19.1. The highest BCUT2D eigenvalue weighted by molar-refractivity contribution is 6.02. The van der Waals surface area contributed by atoms with Crippen LogP contribution in [0.1, 0.15) is 39.0 Å². The van der Waals surface area contributed by atoms with Gasteiger partial charge >= 0.3 is 0 Å². The van der Waals surface area contributed by atoms with E-state index in [1.807, 2.05) is 36.9 Å². The second kappa shape index (κ2) is 7.77. The van der Waals surface area contributed by atoms with Crippen LogP contribution in [0.4, 0.5) is 23.1 Å². The molecule has 0 radical (unpaired) electrons. The Kier molecular flexibility index (Phi) is 5.01. The number of nitrogens with one attached hydrogen (secondary N) is 1. The molecule has 2 saturated heterocycles. The number of hydrogen-bond acceptors (Lipinski definition) is 7. The van der Waals surface area contributed by atoms with Crippen LogP contribution in [0.5, 0.6) is 0 Å². The number of rotatable bonds is 5. The first-order valence-corrected chi connectivity index (χ1v) is 11.5. The van der Waals surface area contributed by atoms with E-state index in [1.54, 1.807) is 11.1 Å². The molecule has 9 nitrogen and oxygen atoms in total. The van der Waals surface area contributed by atoms with Gasteiger partial charge in [0.1, 0.15) is 17.1 Å². The van der Waals surface area contributed by atoms with Gasteiger partial charge in [0.2, 0.25) is 5.91 Å². The van der Waals surface area contributed by atoms with Crippen molar-refractivity contribution in [2.75, 3.05) is 34.8 Å². The Bertz CT molecular complexity index is 1160. The van der Waals surface area contributed by atoms with Gasteiger partial charge in [-0.1, -0.05) is 0 Å². The molecule has 2 aromatic rings. The molecule has 1 N–H and O–H groups in total. The summed E-state index contributed by atoms with van der Waals surface area (Å²) in [4.78, 5) is 21.5. The maximum Gasteiger partial charge on any atom is 0.247 e. The molecule has 9 heteroatoms. The quantitative estimate of drug-likeness (QED) is 0.752. The second-order valence-electron chi connectivity index (χ2n) is 9.76. The summed E-state index contributed by atoms with van der Waals surface area (Å²) < 4.78 is 1.84. The molecule has 1 saturated carbocycles. The first-order chi connectivity index (χ1) is 15.9. The van der Waals surface area contributed by atoms with Gasteiger partial charge in [0, 0.05) is 50.7 Å². The lowest BCUT2D eigenvalue weighted by atomic mass is 9.82. The number of carbonyl (C=O) groups excluding carboxylic acids is 1. The van der Waals surface area contributed by atoms with Crippen molar-refractivity contribution < 1.29 is 4.79 Å². The summed E-state index contributed by atoms with van der Waals surface area (Å²) in [5.41, 5.74) is -0.364. The average Bonchev–Trinajstić information content (AvgIpc) is 3.53. The molecule has 170 valence electrons. The van der Waals surface area contributed by atoms with E-state index < -0.39 is 5.41 Å². The molecule has 0 unspecified atom stereocenters. The van der Waals surface area contributed by atoms with Crippen LogP contribution >= 0.6 is 0 Å². The van der Waals surface area contributed by atoms with Crippen molar-refractivity contribution in [3.8, 4) is 12.1 Å². The lowest BCUT2D eigenvalue weighted by molar-refractivity contribution is -0.123. The summed E-state index contributed by atoms with van der Waals surface area (Å²) in [6.07, 6.45) is 5.84. The number of aromatic nitrogens is 3. The molecule has 1 amide bonds. The zero-order chi connectivity index (χ0) is 23.2. The van der Waals surface area contributed by atoms with Crippen molar-refractivity contribution in [2.24, 2.45) is 23.8 Å². The normalized spacial score (nSPS) is 24.4. The molecule has 4 heterocycles. The number of nitriles is 2. The Morgan fingerprint density at radius 2 is 1.85 bits per heavy atom. The van der Waals surface area contributed by atoms with Gasteiger partial charge < -0.3 is 15.1 Å². The first kappa shape index (κ1) is 21.3. The molecular weight excluding hydrogens is 416 g/mol. The molecule has 3 fully saturated rings. The van der Waals surface area contributed by atoms with E-state index in [1.165, 1.54) is 0 Å². The predicted molar refractivity (Wildman–Crippen MR) is 124 cm³/mol. The lowest BCUT2D eigenvalue weighted by Crippen LogP contribution is -2.38. The van der Waals surface area contributed by atoms with Crippen molar-refractivity contribution >= 4 is 29.0 Å². The van der Waals surface area contributed by atoms with Gasteiger partial charge in [0.25, 0.3) is 0 Å². The van der Waals surface area contributed by atoms with Gasteiger partial charge in [-0.2, -0.15) is 15.6 Å². The highest BCUT2D eigenvalue weighted by Gasteiger charge is 2.56. The molecule has 5 rings (SSSR count). The van der Waals surface area contributed by atoms with Crippen molar-refractivity contribution in [1.82, 2.24) is 14.8 Å². The van der Waals surface area contributed by atoms with E-state index in [0.29, 0.717) is 24.6 Å². The standard InChI is InChI=1S/C24H28N8O/c1-23(15-25)6-10-31(11-7-23)21-14-20(29-30(21)2)28-19-13-18(5-9-27-19)32-12-8-24(16-26,22(32)33)17-3-4-17/h5,9,13-14,17H,3-4,6-8,10-12H2,1-2H3,(H,27,28,29)/t24-/m1/s1. The predicted octanol–water partition coefficient (Wildman–Crippen LogP) is 3.35. The van der Waals surface area contributed by atoms with E-state index in [4.69, 9.17) is 0 Å². The molecule has 2 aromatic heterocycles. The van der Waals surface area contributed by atoms with Crippen molar-refractivity contribution in [3.63, 3.8) is 0 Å². The van der Waals surface area contributed by atoms with Crippen LogP contribution in [-0.4, -0.2) is 40.3 Å². The number of anilines is 4. The van der Waals surface area contributed by atoms with Crippen LogP contribution in [0.15, 0.2) is 24.4 Å². The smallest absolute Gasteiger partial charge is 0.247 e. The van der Waals surface area contributed by atoms with Crippen LogP contribution in [0.3, 0.4) is 0 Å². The summed E-state index contributed by atoms with van der Waals surface area (Å²) in [5.74, 6) is 2.38. The van der Waals surface area contributed by atoms with E-state index in [2.05, 4.69) is 32.4 Å². The lowest BCUT2D eigenvalue weighted by Gasteiger charge is -2.35. The number of pyridine rings is 1. The van der Waals surface area contributed by atoms with Crippen LogP contribution in [-0.2, 0) is 11.8 Å². The number of nitrogens with zero attached hydrogens (tertiary/aromatic N) is 7. The number of hydrogen-bond donors (Lipinski definition) is 1. The Morgan fingerprint density at radius 3 is 2.52 bits per heavy atom. The van der Waals surface area contributed by atoms with E-state index in [9.17, 15) is 15.3 Å². The fourth-order valence-electron chi connectivity index (χ4n) is 5.08. The number of carbonyl (C=O) groups is 1. The van der Waals surface area contributed by atoms with Gasteiger partial charge in [0.15, 0.2) is 5.82 Å². The average molecular weight is 445 g/mol. The summed E-state index contributed by atoms with van der Waals surface area (Å²) in [5, 5.41) is 27.0. The maximum atomic E-state index is 13.1. The Balaban J connectivity index is 1.30. The zero-order valence-corrected chi connectivity index (χ0v) is 19.1. The summed E-state index contributed by atoms with van der Waals surface area (Å²) in [6, 6.07) is 10.4. The highest BCUT2D eigenvalue weighted by atomic mass is 16.2. The van der Waals surface area contributed by atoms with Crippen LogP contribution in [0.25, 0.3) is 0 Å². The SMILES string of the molecule is Cn1nc(Nc2cc(N3CC[C@@](C#N)(C4CC4)C3=O)ccn2)cc1N1CCC(C)(C#N)CC1. The molecule has 33 heavy (non-hydrogen) atoms. The van der Waals surface area contributed by atoms with Crippen molar-refractivity contribution in [2.45, 2.75) is 39.0 Å².